The van der Waals surface area contributed by atoms with E-state index < -0.39 is 24.4 Å². The molecule has 1 rings (SSSR count). The molecule has 0 aliphatic heterocycles. The van der Waals surface area contributed by atoms with Crippen molar-refractivity contribution in [3.8, 4) is 0 Å². The molecular formula is C9H11IN2O4. The number of rotatable bonds is 4. The van der Waals surface area contributed by atoms with Gasteiger partial charge in [-0.3, -0.25) is 9.48 Å². The number of carboxylic acid groups (broad SMARTS) is 2. The first kappa shape index (κ1) is 12.9. The summed E-state index contributed by atoms with van der Waals surface area (Å²) < 4.78 is 2.11. The van der Waals surface area contributed by atoms with Crippen molar-refractivity contribution < 1.29 is 19.8 Å². The van der Waals surface area contributed by atoms with Gasteiger partial charge >= 0.3 is 11.9 Å². The van der Waals surface area contributed by atoms with Crippen LogP contribution in [0, 0.1) is 17.4 Å². The first-order chi connectivity index (χ1) is 7.34. The highest BCUT2D eigenvalue weighted by atomic mass is 127. The van der Waals surface area contributed by atoms with Crippen molar-refractivity contribution >= 4 is 34.5 Å². The average molecular weight is 338 g/mol. The maximum atomic E-state index is 11.0. The number of carbonyl (C=O) groups is 2. The third-order valence-corrected chi connectivity index (χ3v) is 3.75. The van der Waals surface area contributed by atoms with Crippen molar-refractivity contribution in [1.29, 1.82) is 0 Å². The van der Waals surface area contributed by atoms with Crippen LogP contribution in [-0.2, 0) is 9.59 Å². The zero-order valence-corrected chi connectivity index (χ0v) is 10.9. The summed E-state index contributed by atoms with van der Waals surface area (Å²) in [7, 11) is 0. The van der Waals surface area contributed by atoms with E-state index in [2.05, 4.69) is 27.7 Å². The lowest BCUT2D eigenvalue weighted by molar-refractivity contribution is -0.147. The summed E-state index contributed by atoms with van der Waals surface area (Å²) in [6.07, 6.45) is -0.479. The maximum Gasteiger partial charge on any atom is 0.329 e. The number of halogens is 1. The number of carboxylic acids is 2. The molecule has 6 nitrogen and oxygen atoms in total. The molecule has 0 aromatic carbocycles. The predicted molar refractivity (Wildman–Crippen MR) is 63.3 cm³/mol. The monoisotopic (exact) mass is 338 g/mol. The van der Waals surface area contributed by atoms with E-state index in [9.17, 15) is 9.59 Å². The molecule has 2 N–H and O–H groups in total. The summed E-state index contributed by atoms with van der Waals surface area (Å²) in [5, 5.41) is 21.7. The molecule has 0 saturated heterocycles. The Hall–Kier alpha value is -1.12. The lowest BCUT2D eigenvalue weighted by Crippen LogP contribution is -2.24. The highest BCUT2D eigenvalue weighted by Gasteiger charge is 2.26. The number of aliphatic carboxylic acids is 2. The fourth-order valence-electron chi connectivity index (χ4n) is 1.39. The fraction of sp³-hybridized carbons (Fsp3) is 0.444. The topological polar surface area (TPSA) is 92.4 Å². The van der Waals surface area contributed by atoms with Gasteiger partial charge in [0, 0.05) is 5.69 Å². The first-order valence-electron chi connectivity index (χ1n) is 4.50. The minimum Gasteiger partial charge on any atom is -0.481 e. The molecule has 16 heavy (non-hydrogen) atoms. The quantitative estimate of drug-likeness (QED) is 0.805. The Kier molecular flexibility index (Phi) is 3.89. The summed E-state index contributed by atoms with van der Waals surface area (Å²) in [5.41, 5.74) is 1.38. The average Bonchev–Trinajstić information content (AvgIpc) is 2.42. The van der Waals surface area contributed by atoms with E-state index in [1.165, 1.54) is 4.68 Å². The van der Waals surface area contributed by atoms with Gasteiger partial charge in [-0.05, 0) is 36.4 Å². The van der Waals surface area contributed by atoms with Gasteiger partial charge in [-0.15, -0.1) is 0 Å². The van der Waals surface area contributed by atoms with E-state index in [-0.39, 0.29) is 0 Å². The second-order valence-electron chi connectivity index (χ2n) is 3.38. The van der Waals surface area contributed by atoms with Crippen LogP contribution in [0.1, 0.15) is 23.9 Å². The van der Waals surface area contributed by atoms with Crippen LogP contribution in [0.5, 0.6) is 0 Å². The molecule has 0 amide bonds. The van der Waals surface area contributed by atoms with Gasteiger partial charge in [-0.2, -0.15) is 5.10 Å². The van der Waals surface area contributed by atoms with Gasteiger partial charge < -0.3 is 10.2 Å². The number of aromatic nitrogens is 2. The Morgan fingerprint density at radius 1 is 1.44 bits per heavy atom. The normalized spacial score (nSPS) is 12.4. The third-order valence-electron chi connectivity index (χ3n) is 2.18. The molecule has 0 saturated carbocycles. The van der Waals surface area contributed by atoms with Crippen LogP contribution in [0.3, 0.4) is 0 Å². The smallest absolute Gasteiger partial charge is 0.329 e. The van der Waals surface area contributed by atoms with Gasteiger partial charge in [0.15, 0.2) is 6.04 Å². The Morgan fingerprint density at radius 3 is 2.31 bits per heavy atom. The van der Waals surface area contributed by atoms with E-state index in [1.807, 2.05) is 0 Å². The number of aryl methyl sites for hydroxylation is 1. The lowest BCUT2D eigenvalue weighted by atomic mass is 10.2. The van der Waals surface area contributed by atoms with Crippen LogP contribution in [0.15, 0.2) is 0 Å². The molecule has 0 radical (unpaired) electrons. The van der Waals surface area contributed by atoms with Crippen molar-refractivity contribution in [2.24, 2.45) is 0 Å². The minimum atomic E-state index is -1.19. The molecule has 0 aliphatic rings. The van der Waals surface area contributed by atoms with Gasteiger partial charge in [-0.25, -0.2) is 4.79 Å². The molecule has 0 spiro atoms. The SMILES string of the molecule is Cc1nn([C@@H](CC(=O)O)C(=O)O)c(C)c1I. The number of hydrogen-bond donors (Lipinski definition) is 2. The van der Waals surface area contributed by atoms with Crippen LogP contribution in [-0.4, -0.2) is 31.9 Å². The van der Waals surface area contributed by atoms with Crippen LogP contribution in [0.4, 0.5) is 0 Å². The predicted octanol–water partition coefficient (Wildman–Crippen LogP) is 1.20. The van der Waals surface area contributed by atoms with Crippen LogP contribution < -0.4 is 0 Å². The van der Waals surface area contributed by atoms with Crippen LogP contribution >= 0.6 is 22.6 Å². The standard InChI is InChI=1S/C9H11IN2O4/c1-4-8(10)5(2)12(11-4)6(9(15)16)3-7(13)14/h6H,3H2,1-2H3,(H,13,14)(H,15,16)/t6-/m0/s1. The fourth-order valence-corrected chi connectivity index (χ4v) is 1.75. The van der Waals surface area contributed by atoms with Gasteiger partial charge in [0.05, 0.1) is 15.7 Å². The Morgan fingerprint density at radius 2 is 2.00 bits per heavy atom. The summed E-state index contributed by atoms with van der Waals surface area (Å²) in [6.45, 7) is 3.48. The largest absolute Gasteiger partial charge is 0.481 e. The Bertz CT molecular complexity index is 441. The summed E-state index contributed by atoms with van der Waals surface area (Å²) in [5.74, 6) is -2.35. The second-order valence-corrected chi connectivity index (χ2v) is 4.46. The highest BCUT2D eigenvalue weighted by Crippen LogP contribution is 2.21. The molecule has 0 bridgehead atoms. The van der Waals surface area contributed by atoms with E-state index in [1.54, 1.807) is 13.8 Å². The molecule has 0 fully saturated rings. The summed E-state index contributed by atoms with van der Waals surface area (Å²) >= 11 is 2.06. The molecule has 88 valence electrons. The van der Waals surface area contributed by atoms with E-state index in [4.69, 9.17) is 10.2 Å². The molecule has 1 heterocycles. The molecule has 0 aliphatic carbocycles. The van der Waals surface area contributed by atoms with Gasteiger partial charge in [0.25, 0.3) is 0 Å². The molecule has 1 aromatic rings. The number of hydrogen-bond acceptors (Lipinski definition) is 3. The zero-order valence-electron chi connectivity index (χ0n) is 8.77. The van der Waals surface area contributed by atoms with Gasteiger partial charge in [-0.1, -0.05) is 0 Å². The lowest BCUT2D eigenvalue weighted by Gasteiger charge is -2.12. The van der Waals surface area contributed by atoms with Crippen molar-refractivity contribution in [2.45, 2.75) is 26.3 Å². The van der Waals surface area contributed by atoms with E-state index in [0.717, 1.165) is 3.57 Å². The molecule has 0 unspecified atom stereocenters. The first-order valence-corrected chi connectivity index (χ1v) is 5.58. The van der Waals surface area contributed by atoms with E-state index >= 15 is 0 Å². The zero-order chi connectivity index (χ0) is 12.5. The number of nitrogens with zero attached hydrogens (tertiary/aromatic N) is 2. The van der Waals surface area contributed by atoms with Crippen molar-refractivity contribution in [3.63, 3.8) is 0 Å². The van der Waals surface area contributed by atoms with E-state index in [0.29, 0.717) is 11.4 Å². The van der Waals surface area contributed by atoms with Gasteiger partial charge in [0.1, 0.15) is 0 Å². The molecule has 7 heteroatoms. The Labute approximate surface area is 105 Å². The molecule has 1 atom stereocenters. The second kappa shape index (κ2) is 4.81. The third kappa shape index (κ3) is 2.52. The molecular weight excluding hydrogens is 327 g/mol. The molecule has 1 aromatic heterocycles. The van der Waals surface area contributed by atoms with Crippen LogP contribution in [0.25, 0.3) is 0 Å². The summed E-state index contributed by atoms with van der Waals surface area (Å²) in [4.78, 5) is 21.6. The van der Waals surface area contributed by atoms with Crippen LogP contribution in [0.2, 0.25) is 0 Å². The maximum absolute atomic E-state index is 11.0. The van der Waals surface area contributed by atoms with Crippen molar-refractivity contribution in [1.82, 2.24) is 9.78 Å². The van der Waals surface area contributed by atoms with Crippen molar-refractivity contribution in [3.05, 3.63) is 15.0 Å². The summed E-state index contributed by atoms with van der Waals surface area (Å²) in [6, 6.07) is -1.15. The van der Waals surface area contributed by atoms with Gasteiger partial charge in [0.2, 0.25) is 0 Å². The van der Waals surface area contributed by atoms with Crippen molar-refractivity contribution in [2.75, 3.05) is 0 Å². The minimum absolute atomic E-state index is 0.479. The Balaban J connectivity index is 3.16. The highest BCUT2D eigenvalue weighted by molar-refractivity contribution is 14.1.